The summed E-state index contributed by atoms with van der Waals surface area (Å²) < 4.78 is 0. The van der Waals surface area contributed by atoms with Gasteiger partial charge in [-0.1, -0.05) is 90.5 Å². The Morgan fingerprint density at radius 3 is 1.47 bits per heavy atom. The Kier molecular flexibility index (Phi) is 4.01. The molecule has 2 nitrogen and oxygen atoms in total. The molecule has 7 rings (SSSR count). The summed E-state index contributed by atoms with van der Waals surface area (Å²) in [5, 5.41) is 3.71. The van der Waals surface area contributed by atoms with Gasteiger partial charge in [-0.2, -0.15) is 0 Å². The Morgan fingerprint density at radius 1 is 0.500 bits per heavy atom. The van der Waals surface area contributed by atoms with Gasteiger partial charge in [-0.3, -0.25) is 0 Å². The van der Waals surface area contributed by atoms with Crippen LogP contribution in [0.4, 0.5) is 28.4 Å². The second kappa shape index (κ2) is 7.10. The van der Waals surface area contributed by atoms with Gasteiger partial charge in [-0.15, -0.1) is 0 Å². The van der Waals surface area contributed by atoms with Crippen LogP contribution in [-0.2, 0) is 5.41 Å². The fraction of sp³-hybridized carbons (Fsp3) is 0.0625. The number of nitrogens with zero attached hydrogens (tertiary/aromatic N) is 1. The van der Waals surface area contributed by atoms with Crippen LogP contribution in [0.3, 0.4) is 0 Å². The number of nitrogens with one attached hydrogen (secondary N) is 1. The highest BCUT2D eigenvalue weighted by molar-refractivity contribution is 5.93. The van der Waals surface area contributed by atoms with E-state index in [2.05, 4.69) is 138 Å². The van der Waals surface area contributed by atoms with E-state index in [-0.39, 0.29) is 0 Å². The third kappa shape index (κ3) is 2.45. The number of aryl methyl sites for hydroxylation is 1. The van der Waals surface area contributed by atoms with Gasteiger partial charge in [0.25, 0.3) is 0 Å². The Labute approximate surface area is 200 Å². The summed E-state index contributed by atoms with van der Waals surface area (Å²) in [5.74, 6) is 0. The van der Waals surface area contributed by atoms with Gasteiger partial charge < -0.3 is 10.2 Å². The van der Waals surface area contributed by atoms with Crippen LogP contribution in [-0.4, -0.2) is 0 Å². The van der Waals surface area contributed by atoms with Gasteiger partial charge in [0.15, 0.2) is 0 Å². The molecule has 2 heteroatoms. The molecule has 0 saturated carbocycles. The predicted octanol–water partition coefficient (Wildman–Crippen LogP) is 8.22. The van der Waals surface area contributed by atoms with Crippen LogP contribution in [0, 0.1) is 6.92 Å². The fourth-order valence-corrected chi connectivity index (χ4v) is 5.93. The normalized spacial score (nSPS) is 14.4. The highest BCUT2D eigenvalue weighted by atomic mass is 15.2. The summed E-state index contributed by atoms with van der Waals surface area (Å²) in [5.41, 5.74) is 12.0. The molecule has 5 aromatic rings. The second-order valence-electron chi connectivity index (χ2n) is 9.17. The summed E-state index contributed by atoms with van der Waals surface area (Å²) in [4.78, 5) is 2.42. The lowest BCUT2D eigenvalue weighted by molar-refractivity contribution is 0.727. The summed E-state index contributed by atoms with van der Waals surface area (Å²) in [6.07, 6.45) is 0. The molecule has 1 spiro atoms. The highest BCUT2D eigenvalue weighted by Gasteiger charge is 2.49. The van der Waals surface area contributed by atoms with Crippen LogP contribution >= 0.6 is 0 Å². The van der Waals surface area contributed by atoms with Crippen LogP contribution < -0.4 is 10.2 Å². The maximum atomic E-state index is 3.71. The van der Waals surface area contributed by atoms with Gasteiger partial charge in [0.2, 0.25) is 0 Å². The van der Waals surface area contributed by atoms with Crippen molar-refractivity contribution in [1.29, 1.82) is 0 Å². The molecule has 0 saturated heterocycles. The standard InChI is InChI=1S/C32H24N2/c1-22-18-20-23(21-19-22)34-30-16-8-4-12-26(30)32(27-13-5-9-17-31(27)34)24-10-2-6-14-28(24)33-29-15-7-3-11-25(29)32/h2-21,33H,1H3. The molecule has 0 aliphatic carbocycles. The van der Waals surface area contributed by atoms with Crippen molar-refractivity contribution < 1.29 is 0 Å². The summed E-state index contributed by atoms with van der Waals surface area (Å²) in [6, 6.07) is 44.2. The zero-order chi connectivity index (χ0) is 22.7. The van der Waals surface area contributed by atoms with Crippen LogP contribution in [0.15, 0.2) is 121 Å². The minimum absolute atomic E-state index is 0.410. The molecular weight excluding hydrogens is 412 g/mol. The van der Waals surface area contributed by atoms with E-state index in [0.717, 1.165) is 11.4 Å². The van der Waals surface area contributed by atoms with Crippen LogP contribution in [0.2, 0.25) is 0 Å². The van der Waals surface area contributed by atoms with Crippen molar-refractivity contribution in [3.63, 3.8) is 0 Å². The largest absolute Gasteiger partial charge is 0.355 e. The van der Waals surface area contributed by atoms with Crippen molar-refractivity contribution in [2.75, 3.05) is 10.2 Å². The molecule has 5 aromatic carbocycles. The topological polar surface area (TPSA) is 15.3 Å². The first-order valence-electron chi connectivity index (χ1n) is 11.8. The highest BCUT2D eigenvalue weighted by Crippen LogP contribution is 2.61. The lowest BCUT2D eigenvalue weighted by Crippen LogP contribution is -2.40. The molecule has 0 radical (unpaired) electrons. The van der Waals surface area contributed by atoms with Crippen molar-refractivity contribution >= 4 is 28.4 Å². The van der Waals surface area contributed by atoms with Crippen LogP contribution in [0.1, 0.15) is 27.8 Å². The molecule has 0 bridgehead atoms. The first kappa shape index (κ1) is 19.2. The molecule has 0 fully saturated rings. The number of hydrogen-bond acceptors (Lipinski definition) is 2. The molecule has 34 heavy (non-hydrogen) atoms. The van der Waals surface area contributed by atoms with E-state index in [1.807, 2.05) is 0 Å². The van der Waals surface area contributed by atoms with Crippen molar-refractivity contribution in [3.05, 3.63) is 149 Å². The quantitative estimate of drug-likeness (QED) is 0.279. The molecule has 1 N–H and O–H groups in total. The molecule has 0 unspecified atom stereocenters. The predicted molar refractivity (Wildman–Crippen MR) is 141 cm³/mol. The lowest BCUT2D eigenvalue weighted by atomic mass is 9.60. The number of anilines is 5. The first-order chi connectivity index (χ1) is 16.8. The number of fused-ring (bicyclic) bond motifs is 8. The van der Waals surface area contributed by atoms with E-state index < -0.39 is 5.41 Å². The SMILES string of the molecule is Cc1ccc(N2c3ccccc3C3(c4ccccc4Nc4ccccc43)c3ccccc32)cc1. The minimum atomic E-state index is -0.410. The average molecular weight is 437 g/mol. The van der Waals surface area contributed by atoms with Gasteiger partial charge in [0.1, 0.15) is 0 Å². The molecule has 162 valence electrons. The summed E-state index contributed by atoms with van der Waals surface area (Å²) >= 11 is 0. The molecule has 0 amide bonds. The van der Waals surface area contributed by atoms with E-state index >= 15 is 0 Å². The summed E-state index contributed by atoms with van der Waals surface area (Å²) in [7, 11) is 0. The monoisotopic (exact) mass is 436 g/mol. The van der Waals surface area contributed by atoms with Gasteiger partial charge >= 0.3 is 0 Å². The Morgan fingerprint density at radius 2 is 0.941 bits per heavy atom. The van der Waals surface area contributed by atoms with E-state index in [1.165, 1.54) is 44.9 Å². The number of benzene rings is 5. The van der Waals surface area contributed by atoms with Crippen molar-refractivity contribution in [2.24, 2.45) is 0 Å². The molecule has 2 aliphatic rings. The average Bonchev–Trinajstić information content (AvgIpc) is 2.89. The van der Waals surface area contributed by atoms with Crippen molar-refractivity contribution in [2.45, 2.75) is 12.3 Å². The lowest BCUT2D eigenvalue weighted by Gasteiger charge is -2.49. The molecule has 2 heterocycles. The number of para-hydroxylation sites is 4. The second-order valence-corrected chi connectivity index (χ2v) is 9.17. The van der Waals surface area contributed by atoms with Crippen LogP contribution in [0.5, 0.6) is 0 Å². The third-order valence-corrected chi connectivity index (χ3v) is 7.32. The van der Waals surface area contributed by atoms with E-state index in [9.17, 15) is 0 Å². The number of hydrogen-bond donors (Lipinski definition) is 1. The zero-order valence-corrected chi connectivity index (χ0v) is 19.0. The number of rotatable bonds is 1. The maximum Gasteiger partial charge on any atom is 0.0782 e. The minimum Gasteiger partial charge on any atom is -0.355 e. The van der Waals surface area contributed by atoms with Gasteiger partial charge in [0, 0.05) is 17.1 Å². The van der Waals surface area contributed by atoms with Crippen molar-refractivity contribution in [1.82, 2.24) is 0 Å². The Hall–Kier alpha value is -4.30. The maximum absolute atomic E-state index is 3.71. The molecular formula is C32H24N2. The van der Waals surface area contributed by atoms with Crippen molar-refractivity contribution in [3.8, 4) is 0 Å². The zero-order valence-electron chi connectivity index (χ0n) is 19.0. The fourth-order valence-electron chi connectivity index (χ4n) is 5.93. The third-order valence-electron chi connectivity index (χ3n) is 7.32. The van der Waals surface area contributed by atoms with E-state index in [1.54, 1.807) is 0 Å². The Balaban J connectivity index is 1.65. The van der Waals surface area contributed by atoms with Gasteiger partial charge in [-0.25, -0.2) is 0 Å². The van der Waals surface area contributed by atoms with E-state index in [4.69, 9.17) is 0 Å². The summed E-state index contributed by atoms with van der Waals surface area (Å²) in [6.45, 7) is 2.14. The molecule has 2 aliphatic heterocycles. The first-order valence-corrected chi connectivity index (χ1v) is 11.8. The van der Waals surface area contributed by atoms with Gasteiger partial charge in [-0.05, 0) is 65.6 Å². The van der Waals surface area contributed by atoms with E-state index in [0.29, 0.717) is 0 Å². The Bertz CT molecular complexity index is 1450. The molecule has 0 aromatic heterocycles. The smallest absolute Gasteiger partial charge is 0.0782 e. The van der Waals surface area contributed by atoms with Crippen LogP contribution in [0.25, 0.3) is 0 Å². The molecule has 0 atom stereocenters. The van der Waals surface area contributed by atoms with Gasteiger partial charge in [0.05, 0.1) is 16.8 Å².